The van der Waals surface area contributed by atoms with Gasteiger partial charge in [-0.1, -0.05) is 31.2 Å². The molecule has 2 rings (SSSR count). The summed E-state index contributed by atoms with van der Waals surface area (Å²) in [5.74, 6) is -0.731. The minimum atomic E-state index is -0.731. The zero-order valence-electron chi connectivity index (χ0n) is 10.2. The van der Waals surface area contributed by atoms with Crippen LogP contribution >= 0.6 is 0 Å². The molecule has 0 aliphatic heterocycles. The zero-order valence-corrected chi connectivity index (χ0v) is 10.2. The molecule has 3 heteroatoms. The maximum absolute atomic E-state index is 10.8. The molecular weight excluding hydrogens is 214 g/mol. The van der Waals surface area contributed by atoms with Gasteiger partial charge in [0.15, 0.2) is 0 Å². The van der Waals surface area contributed by atoms with Crippen LogP contribution in [0.3, 0.4) is 0 Å². The molecule has 17 heavy (non-hydrogen) atoms. The molecule has 0 saturated carbocycles. The van der Waals surface area contributed by atoms with Crippen molar-refractivity contribution in [3.63, 3.8) is 0 Å². The van der Waals surface area contributed by atoms with Crippen LogP contribution < -0.4 is 0 Å². The lowest BCUT2D eigenvalue weighted by Gasteiger charge is -2.33. The first-order chi connectivity index (χ1) is 8.20. The summed E-state index contributed by atoms with van der Waals surface area (Å²) in [7, 11) is 0. The van der Waals surface area contributed by atoms with Gasteiger partial charge in [-0.3, -0.25) is 9.69 Å². The molecule has 1 aliphatic carbocycles. The maximum Gasteiger partial charge on any atom is 0.317 e. The molecule has 0 spiro atoms. The second-order valence-corrected chi connectivity index (χ2v) is 4.62. The first-order valence-corrected chi connectivity index (χ1v) is 6.23. The van der Waals surface area contributed by atoms with E-state index >= 15 is 0 Å². The van der Waals surface area contributed by atoms with Crippen molar-refractivity contribution in [2.75, 3.05) is 13.1 Å². The van der Waals surface area contributed by atoms with Gasteiger partial charge in [0.1, 0.15) is 0 Å². The fraction of sp³-hybridized carbons (Fsp3) is 0.500. The van der Waals surface area contributed by atoms with Crippen molar-refractivity contribution >= 4 is 5.97 Å². The number of hydrogen-bond acceptors (Lipinski definition) is 2. The Morgan fingerprint density at radius 2 is 2.12 bits per heavy atom. The van der Waals surface area contributed by atoms with Crippen LogP contribution in [0.4, 0.5) is 0 Å². The van der Waals surface area contributed by atoms with E-state index in [9.17, 15) is 4.79 Å². The molecular formula is C14H19NO2. The minimum Gasteiger partial charge on any atom is -0.480 e. The second kappa shape index (κ2) is 5.32. The summed E-state index contributed by atoms with van der Waals surface area (Å²) < 4.78 is 0. The smallest absolute Gasteiger partial charge is 0.317 e. The summed E-state index contributed by atoms with van der Waals surface area (Å²) in [4.78, 5) is 12.9. The minimum absolute atomic E-state index is 0.156. The lowest BCUT2D eigenvalue weighted by molar-refractivity contribution is -0.138. The van der Waals surface area contributed by atoms with Crippen LogP contribution in [0.15, 0.2) is 24.3 Å². The molecule has 1 aromatic rings. The van der Waals surface area contributed by atoms with Crippen molar-refractivity contribution in [2.45, 2.75) is 32.2 Å². The Labute approximate surface area is 102 Å². The molecule has 1 aromatic carbocycles. The quantitative estimate of drug-likeness (QED) is 0.864. The van der Waals surface area contributed by atoms with E-state index < -0.39 is 5.97 Å². The van der Waals surface area contributed by atoms with E-state index in [0.717, 1.165) is 25.8 Å². The monoisotopic (exact) mass is 233 g/mol. The van der Waals surface area contributed by atoms with Crippen LogP contribution in [-0.2, 0) is 17.6 Å². The van der Waals surface area contributed by atoms with Crippen molar-refractivity contribution in [2.24, 2.45) is 0 Å². The number of aliphatic carboxylic acids is 1. The fourth-order valence-corrected chi connectivity index (χ4v) is 2.66. The van der Waals surface area contributed by atoms with E-state index in [1.165, 1.54) is 11.1 Å². The first kappa shape index (κ1) is 12.1. The molecule has 0 bridgehead atoms. The van der Waals surface area contributed by atoms with Gasteiger partial charge < -0.3 is 5.11 Å². The number of carboxylic acid groups (broad SMARTS) is 1. The summed E-state index contributed by atoms with van der Waals surface area (Å²) >= 11 is 0. The van der Waals surface area contributed by atoms with Crippen LogP contribution in [-0.4, -0.2) is 35.1 Å². The largest absolute Gasteiger partial charge is 0.480 e. The van der Waals surface area contributed by atoms with Crippen molar-refractivity contribution in [1.82, 2.24) is 4.90 Å². The van der Waals surface area contributed by atoms with E-state index in [1.807, 2.05) is 6.92 Å². The van der Waals surface area contributed by atoms with Gasteiger partial charge >= 0.3 is 5.97 Å². The number of benzene rings is 1. The summed E-state index contributed by atoms with van der Waals surface area (Å²) in [6.07, 6.45) is 3.12. The molecule has 1 aliphatic rings. The molecule has 92 valence electrons. The average molecular weight is 233 g/mol. The molecule has 1 atom stereocenters. The zero-order chi connectivity index (χ0) is 12.3. The Kier molecular flexibility index (Phi) is 3.79. The van der Waals surface area contributed by atoms with Gasteiger partial charge in [-0.15, -0.1) is 0 Å². The van der Waals surface area contributed by atoms with Gasteiger partial charge in [-0.2, -0.15) is 0 Å². The molecule has 0 fully saturated rings. The van der Waals surface area contributed by atoms with Gasteiger partial charge in [0.2, 0.25) is 0 Å². The molecule has 1 N–H and O–H groups in total. The summed E-state index contributed by atoms with van der Waals surface area (Å²) in [6, 6.07) is 8.86. The number of aryl methyl sites for hydroxylation is 1. The predicted octanol–water partition coefficient (Wildman–Crippen LogP) is 1.95. The molecule has 0 heterocycles. The Balaban J connectivity index is 2.08. The summed E-state index contributed by atoms with van der Waals surface area (Å²) in [5.41, 5.74) is 2.81. The highest BCUT2D eigenvalue weighted by Crippen LogP contribution is 2.24. The maximum atomic E-state index is 10.8. The van der Waals surface area contributed by atoms with Gasteiger partial charge in [0.05, 0.1) is 6.54 Å². The number of hydrogen-bond donors (Lipinski definition) is 1. The number of rotatable bonds is 4. The molecule has 0 aromatic heterocycles. The number of nitrogens with zero attached hydrogens (tertiary/aromatic N) is 1. The van der Waals surface area contributed by atoms with Crippen LogP contribution in [0.1, 0.15) is 24.5 Å². The summed E-state index contributed by atoms with van der Waals surface area (Å²) in [5, 5.41) is 8.90. The number of carbonyl (C=O) groups is 1. The fourth-order valence-electron chi connectivity index (χ4n) is 2.66. The predicted molar refractivity (Wildman–Crippen MR) is 67.1 cm³/mol. The highest BCUT2D eigenvalue weighted by Gasteiger charge is 2.24. The van der Waals surface area contributed by atoms with Gasteiger partial charge in [-0.05, 0) is 36.9 Å². The topological polar surface area (TPSA) is 40.5 Å². The van der Waals surface area contributed by atoms with Crippen LogP contribution in [0.25, 0.3) is 0 Å². The van der Waals surface area contributed by atoms with E-state index in [4.69, 9.17) is 5.11 Å². The summed E-state index contributed by atoms with van der Waals surface area (Å²) in [6.45, 7) is 2.99. The molecule has 0 saturated heterocycles. The molecule has 0 amide bonds. The highest BCUT2D eigenvalue weighted by atomic mass is 16.4. The lowest BCUT2D eigenvalue weighted by Crippen LogP contribution is -2.42. The molecule has 3 nitrogen and oxygen atoms in total. The van der Waals surface area contributed by atoms with E-state index in [2.05, 4.69) is 29.2 Å². The van der Waals surface area contributed by atoms with Crippen molar-refractivity contribution in [1.29, 1.82) is 0 Å². The van der Waals surface area contributed by atoms with Crippen LogP contribution in [0.2, 0.25) is 0 Å². The standard InChI is InChI=1S/C14H19NO2/c1-2-15(10-14(16)17)13-8-7-11-5-3-4-6-12(11)9-13/h3-6,13H,2,7-10H2,1H3,(H,16,17). The Bertz CT molecular complexity index is 403. The SMILES string of the molecule is CCN(CC(=O)O)C1CCc2ccccc2C1. The average Bonchev–Trinajstić information content (AvgIpc) is 2.35. The normalized spacial score (nSPS) is 19.1. The van der Waals surface area contributed by atoms with E-state index in [-0.39, 0.29) is 6.54 Å². The third-order valence-corrected chi connectivity index (χ3v) is 3.58. The number of carboxylic acids is 1. The Morgan fingerprint density at radius 1 is 1.41 bits per heavy atom. The molecule has 1 unspecified atom stereocenters. The van der Waals surface area contributed by atoms with Gasteiger partial charge in [0, 0.05) is 6.04 Å². The van der Waals surface area contributed by atoms with Crippen LogP contribution in [0, 0.1) is 0 Å². The Morgan fingerprint density at radius 3 is 2.76 bits per heavy atom. The number of likely N-dealkylation sites (N-methyl/N-ethyl adjacent to an activating group) is 1. The third-order valence-electron chi connectivity index (χ3n) is 3.58. The second-order valence-electron chi connectivity index (χ2n) is 4.62. The third kappa shape index (κ3) is 2.86. The number of fused-ring (bicyclic) bond motifs is 1. The Hall–Kier alpha value is -1.35. The first-order valence-electron chi connectivity index (χ1n) is 6.23. The van der Waals surface area contributed by atoms with E-state index in [0.29, 0.717) is 6.04 Å². The van der Waals surface area contributed by atoms with Crippen molar-refractivity contribution in [3.8, 4) is 0 Å². The van der Waals surface area contributed by atoms with E-state index in [1.54, 1.807) is 0 Å². The van der Waals surface area contributed by atoms with Crippen molar-refractivity contribution < 1.29 is 9.90 Å². The van der Waals surface area contributed by atoms with Gasteiger partial charge in [0.25, 0.3) is 0 Å². The van der Waals surface area contributed by atoms with Crippen molar-refractivity contribution in [3.05, 3.63) is 35.4 Å². The molecule has 0 radical (unpaired) electrons. The van der Waals surface area contributed by atoms with Gasteiger partial charge in [-0.25, -0.2) is 0 Å². The lowest BCUT2D eigenvalue weighted by atomic mass is 9.87. The highest BCUT2D eigenvalue weighted by molar-refractivity contribution is 5.69. The van der Waals surface area contributed by atoms with Crippen LogP contribution in [0.5, 0.6) is 0 Å².